The van der Waals surface area contributed by atoms with Gasteiger partial charge in [0.1, 0.15) is 0 Å². The second-order valence-corrected chi connectivity index (χ2v) is 6.68. The van der Waals surface area contributed by atoms with Crippen molar-refractivity contribution in [2.45, 2.75) is 39.2 Å². The molecule has 1 aromatic carbocycles. The molecule has 0 atom stereocenters. The summed E-state index contributed by atoms with van der Waals surface area (Å²) in [5, 5.41) is 9.66. The van der Waals surface area contributed by atoms with Gasteiger partial charge in [0.2, 0.25) is 0 Å². The second-order valence-electron chi connectivity index (χ2n) is 6.68. The van der Waals surface area contributed by atoms with E-state index >= 15 is 0 Å². The summed E-state index contributed by atoms with van der Waals surface area (Å²) >= 11 is 0. The van der Waals surface area contributed by atoms with Gasteiger partial charge in [-0.05, 0) is 25.5 Å². The molecule has 1 N–H and O–H groups in total. The molecule has 1 aliphatic heterocycles. The molecule has 0 bridgehead atoms. The van der Waals surface area contributed by atoms with Gasteiger partial charge in [-0.3, -0.25) is 4.90 Å². The van der Waals surface area contributed by atoms with Gasteiger partial charge < -0.3 is 10.0 Å². The van der Waals surface area contributed by atoms with Crippen LogP contribution in [0.1, 0.15) is 33.3 Å². The summed E-state index contributed by atoms with van der Waals surface area (Å²) < 4.78 is 0. The van der Waals surface area contributed by atoms with Crippen LogP contribution in [0.5, 0.6) is 0 Å². The Morgan fingerprint density at radius 1 is 1.10 bits per heavy atom. The summed E-state index contributed by atoms with van der Waals surface area (Å²) in [6.45, 7) is 13.3. The lowest BCUT2D eigenvalue weighted by Crippen LogP contribution is -2.49. The molecule has 0 amide bonds. The van der Waals surface area contributed by atoms with Crippen molar-refractivity contribution in [3.05, 3.63) is 29.8 Å². The maximum Gasteiger partial charge on any atom is 0.0523 e. The Morgan fingerprint density at radius 3 is 2.25 bits per heavy atom. The normalized spacial score (nSPS) is 17.8. The molecule has 3 heteroatoms. The highest BCUT2D eigenvalue weighted by atomic mass is 16.3. The number of nitrogens with zero attached hydrogens (tertiary/aromatic N) is 2. The molecule has 2 rings (SSSR count). The Bertz CT molecular complexity index is 434. The van der Waals surface area contributed by atoms with Crippen molar-refractivity contribution < 1.29 is 5.11 Å². The van der Waals surface area contributed by atoms with E-state index < -0.39 is 0 Å². The molecule has 1 aliphatic rings. The van der Waals surface area contributed by atoms with E-state index in [0.29, 0.717) is 6.04 Å². The van der Waals surface area contributed by atoms with Crippen LogP contribution >= 0.6 is 0 Å². The minimum atomic E-state index is -0.189. The smallest absolute Gasteiger partial charge is 0.0523 e. The summed E-state index contributed by atoms with van der Waals surface area (Å²) in [5.41, 5.74) is 2.35. The molecule has 1 fully saturated rings. The number of aliphatic hydroxyl groups is 1. The second kappa shape index (κ2) is 6.15. The predicted octanol–water partition coefficient (Wildman–Crippen LogP) is 2.49. The summed E-state index contributed by atoms with van der Waals surface area (Å²) in [4.78, 5) is 4.99. The molecule has 0 radical (unpaired) electrons. The fourth-order valence-electron chi connectivity index (χ4n) is 2.89. The third-order valence-corrected chi connectivity index (χ3v) is 4.41. The zero-order valence-corrected chi connectivity index (χ0v) is 13.3. The van der Waals surface area contributed by atoms with E-state index in [1.807, 2.05) is 0 Å². The standard InChI is InChI=1S/C17H28N2O/c1-14(2)18-9-11-19(12-10-18)16-8-6-5-7-15(16)17(3,4)13-20/h5-8,14,20H,9-13H2,1-4H3. The van der Waals surface area contributed by atoms with Crippen molar-refractivity contribution in [3.8, 4) is 0 Å². The highest BCUT2D eigenvalue weighted by Crippen LogP contribution is 2.32. The van der Waals surface area contributed by atoms with Crippen LogP contribution in [-0.4, -0.2) is 48.8 Å². The van der Waals surface area contributed by atoms with Gasteiger partial charge in [-0.15, -0.1) is 0 Å². The molecule has 112 valence electrons. The number of rotatable bonds is 4. The molecule has 0 saturated carbocycles. The van der Waals surface area contributed by atoms with E-state index in [0.717, 1.165) is 26.2 Å². The van der Waals surface area contributed by atoms with Crippen LogP contribution in [0.25, 0.3) is 0 Å². The first-order valence-corrected chi connectivity index (χ1v) is 7.65. The summed E-state index contributed by atoms with van der Waals surface area (Å²) in [6, 6.07) is 9.14. The van der Waals surface area contributed by atoms with Crippen molar-refractivity contribution in [1.29, 1.82) is 0 Å². The number of hydrogen-bond acceptors (Lipinski definition) is 3. The summed E-state index contributed by atoms with van der Waals surface area (Å²) in [7, 11) is 0. The average Bonchev–Trinajstić information content (AvgIpc) is 2.47. The van der Waals surface area contributed by atoms with Crippen molar-refractivity contribution in [2.24, 2.45) is 0 Å². The van der Waals surface area contributed by atoms with Gasteiger partial charge >= 0.3 is 0 Å². The maximum atomic E-state index is 9.66. The Balaban J connectivity index is 2.18. The van der Waals surface area contributed by atoms with Crippen LogP contribution in [-0.2, 0) is 5.41 Å². The molecule has 0 aromatic heterocycles. The topological polar surface area (TPSA) is 26.7 Å². The number of aliphatic hydroxyl groups excluding tert-OH is 1. The molecule has 1 saturated heterocycles. The summed E-state index contributed by atoms with van der Waals surface area (Å²) in [5.74, 6) is 0. The third kappa shape index (κ3) is 3.15. The monoisotopic (exact) mass is 276 g/mol. The predicted molar refractivity (Wildman–Crippen MR) is 85.5 cm³/mol. The Morgan fingerprint density at radius 2 is 1.70 bits per heavy atom. The van der Waals surface area contributed by atoms with Crippen LogP contribution < -0.4 is 4.90 Å². The number of para-hydroxylation sites is 1. The van der Waals surface area contributed by atoms with Gasteiger partial charge in [0, 0.05) is 43.3 Å². The molecule has 3 nitrogen and oxygen atoms in total. The molecule has 20 heavy (non-hydrogen) atoms. The lowest BCUT2D eigenvalue weighted by molar-refractivity contribution is 0.207. The third-order valence-electron chi connectivity index (χ3n) is 4.41. The Labute approximate surface area is 123 Å². The minimum Gasteiger partial charge on any atom is -0.395 e. The van der Waals surface area contributed by atoms with Gasteiger partial charge in [-0.2, -0.15) is 0 Å². The van der Waals surface area contributed by atoms with Crippen molar-refractivity contribution in [2.75, 3.05) is 37.7 Å². The van der Waals surface area contributed by atoms with Gasteiger partial charge in [-0.1, -0.05) is 32.0 Å². The lowest BCUT2D eigenvalue weighted by atomic mass is 9.84. The molecule has 0 spiro atoms. The highest BCUT2D eigenvalue weighted by Gasteiger charge is 2.26. The number of piperazine rings is 1. The molecular formula is C17H28N2O. The number of benzene rings is 1. The fraction of sp³-hybridized carbons (Fsp3) is 0.647. The van der Waals surface area contributed by atoms with Crippen LogP contribution in [0.2, 0.25) is 0 Å². The minimum absolute atomic E-state index is 0.177. The van der Waals surface area contributed by atoms with Crippen molar-refractivity contribution in [1.82, 2.24) is 4.90 Å². The lowest BCUT2D eigenvalue weighted by Gasteiger charge is -2.40. The SMILES string of the molecule is CC(C)N1CCN(c2ccccc2C(C)(C)CO)CC1. The number of anilines is 1. The molecule has 1 aromatic rings. The van der Waals surface area contributed by atoms with Gasteiger partial charge in [0.15, 0.2) is 0 Å². The van der Waals surface area contributed by atoms with Gasteiger partial charge in [0.05, 0.1) is 6.61 Å². The van der Waals surface area contributed by atoms with Crippen LogP contribution in [0.3, 0.4) is 0 Å². The van der Waals surface area contributed by atoms with Gasteiger partial charge in [-0.25, -0.2) is 0 Å². The van der Waals surface area contributed by atoms with Crippen LogP contribution in [0.4, 0.5) is 5.69 Å². The van der Waals surface area contributed by atoms with Gasteiger partial charge in [0.25, 0.3) is 0 Å². The Kier molecular flexibility index (Phi) is 4.71. The Hall–Kier alpha value is -1.06. The van der Waals surface area contributed by atoms with E-state index in [1.165, 1.54) is 11.3 Å². The van der Waals surface area contributed by atoms with E-state index in [-0.39, 0.29) is 12.0 Å². The quantitative estimate of drug-likeness (QED) is 0.915. The van der Waals surface area contributed by atoms with E-state index in [9.17, 15) is 5.11 Å². The number of hydrogen-bond donors (Lipinski definition) is 1. The average molecular weight is 276 g/mol. The van der Waals surface area contributed by atoms with E-state index in [2.05, 4.69) is 61.8 Å². The molecule has 1 heterocycles. The van der Waals surface area contributed by atoms with Crippen LogP contribution in [0.15, 0.2) is 24.3 Å². The van der Waals surface area contributed by atoms with E-state index in [4.69, 9.17) is 0 Å². The largest absolute Gasteiger partial charge is 0.395 e. The highest BCUT2D eigenvalue weighted by molar-refractivity contribution is 5.57. The zero-order valence-electron chi connectivity index (χ0n) is 13.3. The van der Waals surface area contributed by atoms with Crippen LogP contribution in [0, 0.1) is 0 Å². The molecule has 0 aliphatic carbocycles. The molecular weight excluding hydrogens is 248 g/mol. The van der Waals surface area contributed by atoms with Crippen molar-refractivity contribution >= 4 is 5.69 Å². The first-order valence-electron chi connectivity index (χ1n) is 7.65. The first-order chi connectivity index (χ1) is 9.45. The van der Waals surface area contributed by atoms with Crippen molar-refractivity contribution in [3.63, 3.8) is 0 Å². The fourth-order valence-corrected chi connectivity index (χ4v) is 2.89. The maximum absolute atomic E-state index is 9.66. The van der Waals surface area contributed by atoms with E-state index in [1.54, 1.807) is 0 Å². The molecule has 0 unspecified atom stereocenters. The summed E-state index contributed by atoms with van der Waals surface area (Å²) in [6.07, 6.45) is 0. The zero-order chi connectivity index (χ0) is 14.8. The first kappa shape index (κ1) is 15.3.